The number of methoxy groups -OCH3 is 2. The van der Waals surface area contributed by atoms with Crippen LogP contribution in [-0.4, -0.2) is 24.2 Å². The van der Waals surface area contributed by atoms with Crippen molar-refractivity contribution in [1.82, 2.24) is 9.97 Å². The zero-order valence-electron chi connectivity index (χ0n) is 10.8. The standard InChI is InChI=1S/C13H11ClFIN2O2/c1-19-6-9-11(16)12(14)18-13(17-9)7-3-4-8(15)10(5-7)20-2/h3-5H,6H2,1-2H3. The molecule has 0 amide bonds. The molecule has 0 atom stereocenters. The Kier molecular flexibility index (Phi) is 5.11. The van der Waals surface area contributed by atoms with Crippen LogP contribution in [0.25, 0.3) is 11.4 Å². The summed E-state index contributed by atoms with van der Waals surface area (Å²) < 4.78 is 24.2. The van der Waals surface area contributed by atoms with Crippen LogP contribution in [0.4, 0.5) is 4.39 Å². The fourth-order valence-electron chi connectivity index (χ4n) is 1.62. The van der Waals surface area contributed by atoms with Crippen molar-refractivity contribution >= 4 is 34.2 Å². The molecule has 1 heterocycles. The van der Waals surface area contributed by atoms with E-state index >= 15 is 0 Å². The molecule has 0 radical (unpaired) electrons. The lowest BCUT2D eigenvalue weighted by molar-refractivity contribution is 0.181. The molecule has 1 aromatic carbocycles. The normalized spacial score (nSPS) is 10.7. The Hall–Kier alpha value is -0.990. The van der Waals surface area contributed by atoms with Gasteiger partial charge in [0.1, 0.15) is 5.15 Å². The number of ether oxygens (including phenoxy) is 2. The first-order chi connectivity index (χ1) is 9.56. The smallest absolute Gasteiger partial charge is 0.165 e. The molecule has 0 N–H and O–H groups in total. The lowest BCUT2D eigenvalue weighted by Gasteiger charge is -2.09. The predicted molar refractivity (Wildman–Crippen MR) is 82.4 cm³/mol. The Labute approximate surface area is 134 Å². The van der Waals surface area contributed by atoms with Crippen molar-refractivity contribution in [3.05, 3.63) is 38.4 Å². The molecule has 0 fully saturated rings. The van der Waals surface area contributed by atoms with Crippen LogP contribution in [0.15, 0.2) is 18.2 Å². The molecule has 0 aliphatic carbocycles. The van der Waals surface area contributed by atoms with Gasteiger partial charge in [0.15, 0.2) is 17.4 Å². The third-order valence-corrected chi connectivity index (χ3v) is 4.30. The quantitative estimate of drug-likeness (QED) is 0.572. The first-order valence-corrected chi connectivity index (χ1v) is 7.07. The van der Waals surface area contributed by atoms with Gasteiger partial charge >= 0.3 is 0 Å². The maximum Gasteiger partial charge on any atom is 0.165 e. The summed E-state index contributed by atoms with van der Waals surface area (Å²) in [5.74, 6) is 0.0970. The van der Waals surface area contributed by atoms with Crippen molar-refractivity contribution in [2.45, 2.75) is 6.61 Å². The minimum Gasteiger partial charge on any atom is -0.494 e. The molecule has 0 unspecified atom stereocenters. The lowest BCUT2D eigenvalue weighted by atomic mass is 10.2. The SMILES string of the molecule is COCc1nc(-c2ccc(F)c(OC)c2)nc(Cl)c1I. The number of hydrogen-bond donors (Lipinski definition) is 0. The van der Waals surface area contributed by atoms with E-state index in [4.69, 9.17) is 21.1 Å². The Morgan fingerprint density at radius 2 is 2.05 bits per heavy atom. The van der Waals surface area contributed by atoms with E-state index in [1.807, 2.05) is 0 Å². The highest BCUT2D eigenvalue weighted by atomic mass is 127. The maximum atomic E-state index is 13.4. The van der Waals surface area contributed by atoms with E-state index in [9.17, 15) is 4.39 Å². The predicted octanol–water partition coefficient (Wildman–Crippen LogP) is 3.70. The van der Waals surface area contributed by atoms with Crippen molar-refractivity contribution in [3.8, 4) is 17.1 Å². The van der Waals surface area contributed by atoms with Gasteiger partial charge in [-0.15, -0.1) is 0 Å². The zero-order chi connectivity index (χ0) is 14.7. The van der Waals surface area contributed by atoms with Crippen molar-refractivity contribution in [3.63, 3.8) is 0 Å². The summed E-state index contributed by atoms with van der Waals surface area (Å²) in [6.07, 6.45) is 0. The molecule has 0 spiro atoms. The molecule has 7 heteroatoms. The van der Waals surface area contributed by atoms with Gasteiger partial charge in [-0.1, -0.05) is 11.6 Å². The van der Waals surface area contributed by atoms with E-state index in [2.05, 4.69) is 32.6 Å². The molecule has 0 aliphatic rings. The van der Waals surface area contributed by atoms with Crippen molar-refractivity contribution < 1.29 is 13.9 Å². The summed E-state index contributed by atoms with van der Waals surface area (Å²) in [5.41, 5.74) is 1.31. The first kappa shape index (κ1) is 15.4. The number of halogens is 3. The topological polar surface area (TPSA) is 44.2 Å². The second-order valence-corrected chi connectivity index (χ2v) is 5.32. The first-order valence-electron chi connectivity index (χ1n) is 5.61. The van der Waals surface area contributed by atoms with E-state index in [0.29, 0.717) is 28.8 Å². The Bertz CT molecular complexity index is 640. The van der Waals surface area contributed by atoms with Gasteiger partial charge in [0.05, 0.1) is 23.0 Å². The maximum absolute atomic E-state index is 13.4. The van der Waals surface area contributed by atoms with Gasteiger partial charge in [0, 0.05) is 12.7 Å². The van der Waals surface area contributed by atoms with E-state index < -0.39 is 5.82 Å². The van der Waals surface area contributed by atoms with Gasteiger partial charge in [-0.05, 0) is 40.8 Å². The zero-order valence-corrected chi connectivity index (χ0v) is 13.7. The summed E-state index contributed by atoms with van der Waals surface area (Å²) in [7, 11) is 2.98. The number of benzene rings is 1. The van der Waals surface area contributed by atoms with Crippen LogP contribution >= 0.6 is 34.2 Å². The molecule has 1 aromatic heterocycles. The minimum atomic E-state index is -0.440. The average molecular weight is 409 g/mol. The van der Waals surface area contributed by atoms with Gasteiger partial charge in [-0.25, -0.2) is 14.4 Å². The van der Waals surface area contributed by atoms with Crippen LogP contribution in [-0.2, 0) is 11.3 Å². The van der Waals surface area contributed by atoms with Crippen LogP contribution in [0, 0.1) is 9.39 Å². The Morgan fingerprint density at radius 3 is 2.70 bits per heavy atom. The lowest BCUT2D eigenvalue weighted by Crippen LogP contribution is -2.02. The highest BCUT2D eigenvalue weighted by Gasteiger charge is 2.13. The Morgan fingerprint density at radius 1 is 1.30 bits per heavy atom. The molecule has 0 aliphatic heterocycles. The molecule has 20 heavy (non-hydrogen) atoms. The molecule has 4 nitrogen and oxygen atoms in total. The highest BCUT2D eigenvalue weighted by molar-refractivity contribution is 14.1. The third-order valence-electron chi connectivity index (χ3n) is 2.57. The average Bonchev–Trinajstić information content (AvgIpc) is 2.44. The highest BCUT2D eigenvalue weighted by Crippen LogP contribution is 2.27. The van der Waals surface area contributed by atoms with E-state index in [0.717, 1.165) is 3.57 Å². The van der Waals surface area contributed by atoms with Gasteiger partial charge in [0.25, 0.3) is 0 Å². The molecule has 2 rings (SSSR count). The van der Waals surface area contributed by atoms with E-state index in [1.54, 1.807) is 13.2 Å². The van der Waals surface area contributed by atoms with Crippen LogP contribution in [0.1, 0.15) is 5.69 Å². The Balaban J connectivity index is 2.52. The second-order valence-electron chi connectivity index (χ2n) is 3.88. The van der Waals surface area contributed by atoms with Crippen LogP contribution in [0.3, 0.4) is 0 Å². The van der Waals surface area contributed by atoms with E-state index in [1.165, 1.54) is 19.2 Å². The second kappa shape index (κ2) is 6.64. The molecular weight excluding hydrogens is 398 g/mol. The molecule has 0 saturated heterocycles. The molecule has 0 saturated carbocycles. The summed E-state index contributed by atoms with van der Waals surface area (Å²) in [5, 5.41) is 0.339. The van der Waals surface area contributed by atoms with Crippen molar-refractivity contribution in [2.75, 3.05) is 14.2 Å². The van der Waals surface area contributed by atoms with Gasteiger partial charge in [0.2, 0.25) is 0 Å². The number of rotatable bonds is 4. The van der Waals surface area contributed by atoms with Crippen LogP contribution < -0.4 is 4.74 Å². The summed E-state index contributed by atoms with van der Waals surface area (Å²) in [4.78, 5) is 8.60. The fraction of sp³-hybridized carbons (Fsp3) is 0.231. The monoisotopic (exact) mass is 408 g/mol. The van der Waals surface area contributed by atoms with Crippen LogP contribution in [0.5, 0.6) is 5.75 Å². The molecule has 0 bridgehead atoms. The number of nitrogens with zero attached hydrogens (tertiary/aromatic N) is 2. The number of aromatic nitrogens is 2. The number of hydrogen-bond acceptors (Lipinski definition) is 4. The van der Waals surface area contributed by atoms with Crippen molar-refractivity contribution in [1.29, 1.82) is 0 Å². The van der Waals surface area contributed by atoms with E-state index in [-0.39, 0.29) is 5.75 Å². The molecule has 2 aromatic rings. The summed E-state index contributed by atoms with van der Waals surface area (Å²) in [6, 6.07) is 4.41. The van der Waals surface area contributed by atoms with Gasteiger partial charge in [-0.2, -0.15) is 0 Å². The molecule has 106 valence electrons. The van der Waals surface area contributed by atoms with Gasteiger partial charge < -0.3 is 9.47 Å². The van der Waals surface area contributed by atoms with Crippen molar-refractivity contribution in [2.24, 2.45) is 0 Å². The summed E-state index contributed by atoms with van der Waals surface area (Å²) in [6.45, 7) is 0.325. The third kappa shape index (κ3) is 3.18. The van der Waals surface area contributed by atoms with Gasteiger partial charge in [-0.3, -0.25) is 0 Å². The summed E-state index contributed by atoms with van der Waals surface area (Å²) >= 11 is 8.15. The largest absolute Gasteiger partial charge is 0.494 e. The fourth-order valence-corrected chi connectivity index (χ4v) is 2.21. The molecular formula is C13H11ClFIN2O2. The minimum absolute atomic E-state index is 0.133. The van der Waals surface area contributed by atoms with Crippen LogP contribution in [0.2, 0.25) is 5.15 Å².